The minimum absolute atomic E-state index is 0.508. The molecule has 0 spiro atoms. The largest absolute Gasteiger partial charge is 0.338 e. The molecule has 0 bridgehead atoms. The van der Waals surface area contributed by atoms with Gasteiger partial charge in [-0.15, -0.1) is 0 Å². The van der Waals surface area contributed by atoms with Gasteiger partial charge < -0.3 is 4.90 Å². The van der Waals surface area contributed by atoms with Gasteiger partial charge in [-0.1, -0.05) is 49.7 Å². The van der Waals surface area contributed by atoms with Crippen molar-refractivity contribution in [2.45, 2.75) is 39.7 Å². The monoisotopic (exact) mass is 253 g/mol. The van der Waals surface area contributed by atoms with Gasteiger partial charge in [-0.2, -0.15) is 0 Å². The predicted molar refractivity (Wildman–Crippen MR) is 84.1 cm³/mol. The maximum absolute atomic E-state index is 2.46. The molecule has 0 amide bonds. The lowest BCUT2D eigenvalue weighted by Crippen LogP contribution is -2.28. The fourth-order valence-corrected chi connectivity index (χ4v) is 2.60. The lowest BCUT2D eigenvalue weighted by atomic mass is 10.1. The smallest absolute Gasteiger partial charge is 0.0442 e. The van der Waals surface area contributed by atoms with Crippen molar-refractivity contribution in [2.75, 3.05) is 4.90 Å². The molecule has 19 heavy (non-hydrogen) atoms. The fourth-order valence-electron chi connectivity index (χ4n) is 2.60. The molecule has 0 aliphatic carbocycles. The van der Waals surface area contributed by atoms with Crippen LogP contribution in [0, 0.1) is 6.92 Å². The van der Waals surface area contributed by atoms with Crippen LogP contribution < -0.4 is 4.90 Å². The Morgan fingerprint density at radius 1 is 0.947 bits per heavy atom. The molecule has 2 aromatic rings. The van der Waals surface area contributed by atoms with Gasteiger partial charge in [-0.3, -0.25) is 0 Å². The molecule has 2 rings (SSSR count). The van der Waals surface area contributed by atoms with Crippen molar-refractivity contribution in [2.24, 2.45) is 0 Å². The van der Waals surface area contributed by atoms with E-state index in [1.54, 1.807) is 0 Å². The molecule has 1 unspecified atom stereocenters. The Balaban J connectivity index is 2.43. The van der Waals surface area contributed by atoms with Gasteiger partial charge in [0.15, 0.2) is 0 Å². The normalized spacial score (nSPS) is 12.2. The summed E-state index contributed by atoms with van der Waals surface area (Å²) in [5.74, 6) is 0. The number of hydrogen-bond acceptors (Lipinski definition) is 1. The van der Waals surface area contributed by atoms with E-state index in [-0.39, 0.29) is 0 Å². The van der Waals surface area contributed by atoms with Crippen LogP contribution in [0.1, 0.15) is 32.3 Å². The number of aryl methyl sites for hydroxylation is 1. The molecule has 100 valence electrons. The number of hydrogen-bond donors (Lipinski definition) is 0. The fraction of sp³-hybridized carbons (Fsp3) is 0.333. The number of para-hydroxylation sites is 2. The van der Waals surface area contributed by atoms with Gasteiger partial charge in [0.25, 0.3) is 0 Å². The Hall–Kier alpha value is -1.76. The van der Waals surface area contributed by atoms with Crippen molar-refractivity contribution in [3.63, 3.8) is 0 Å². The highest BCUT2D eigenvalue weighted by Gasteiger charge is 2.17. The van der Waals surface area contributed by atoms with E-state index in [1.807, 2.05) is 0 Å². The summed E-state index contributed by atoms with van der Waals surface area (Å²) in [6.45, 7) is 6.74. The molecule has 0 fully saturated rings. The molecule has 0 N–H and O–H groups in total. The van der Waals surface area contributed by atoms with Crippen LogP contribution in [0.5, 0.6) is 0 Å². The second-order valence-corrected chi connectivity index (χ2v) is 5.13. The first-order chi connectivity index (χ1) is 9.24. The van der Waals surface area contributed by atoms with Crippen molar-refractivity contribution in [3.8, 4) is 0 Å². The van der Waals surface area contributed by atoms with Gasteiger partial charge in [0.05, 0.1) is 0 Å². The van der Waals surface area contributed by atoms with Crippen LogP contribution in [-0.4, -0.2) is 6.04 Å². The summed E-state index contributed by atoms with van der Waals surface area (Å²) in [5, 5.41) is 0. The van der Waals surface area contributed by atoms with E-state index < -0.39 is 0 Å². The zero-order valence-corrected chi connectivity index (χ0v) is 12.1. The Morgan fingerprint density at radius 2 is 1.58 bits per heavy atom. The molecule has 0 saturated heterocycles. The minimum Gasteiger partial charge on any atom is -0.338 e. The van der Waals surface area contributed by atoms with Crippen LogP contribution in [0.25, 0.3) is 0 Å². The third-order valence-electron chi connectivity index (χ3n) is 3.56. The Labute approximate surface area is 116 Å². The lowest BCUT2D eigenvalue weighted by Gasteiger charge is -2.32. The average molecular weight is 253 g/mol. The van der Waals surface area contributed by atoms with Gasteiger partial charge in [0, 0.05) is 17.4 Å². The second-order valence-electron chi connectivity index (χ2n) is 5.13. The van der Waals surface area contributed by atoms with Crippen molar-refractivity contribution in [1.82, 2.24) is 0 Å². The standard InChI is InChI=1S/C18H23N/c1-4-10-16(3)19(17-12-6-5-7-13-17)18-14-9-8-11-15(18)2/h5-9,11-14,16H,4,10H2,1-3H3. The van der Waals surface area contributed by atoms with Crippen LogP contribution in [0.4, 0.5) is 11.4 Å². The topological polar surface area (TPSA) is 3.24 Å². The number of benzene rings is 2. The van der Waals surface area contributed by atoms with Crippen LogP contribution in [0.3, 0.4) is 0 Å². The molecule has 1 atom stereocenters. The van der Waals surface area contributed by atoms with Crippen molar-refractivity contribution < 1.29 is 0 Å². The first-order valence-electron chi connectivity index (χ1n) is 7.14. The maximum atomic E-state index is 2.46. The quantitative estimate of drug-likeness (QED) is 0.697. The summed E-state index contributed by atoms with van der Waals surface area (Å²) in [4.78, 5) is 2.46. The van der Waals surface area contributed by atoms with Gasteiger partial charge in [-0.25, -0.2) is 0 Å². The Morgan fingerprint density at radius 3 is 2.21 bits per heavy atom. The third-order valence-corrected chi connectivity index (χ3v) is 3.56. The Kier molecular flexibility index (Phi) is 4.62. The van der Waals surface area contributed by atoms with E-state index in [0.717, 1.165) is 0 Å². The summed E-state index contributed by atoms with van der Waals surface area (Å²) >= 11 is 0. The molecule has 1 nitrogen and oxygen atoms in total. The summed E-state index contributed by atoms with van der Waals surface area (Å²) in [6, 6.07) is 19.8. The summed E-state index contributed by atoms with van der Waals surface area (Å²) in [5.41, 5.74) is 3.92. The van der Waals surface area contributed by atoms with E-state index in [4.69, 9.17) is 0 Å². The molecule has 0 aliphatic rings. The third kappa shape index (κ3) is 3.17. The SMILES string of the molecule is CCCC(C)N(c1ccccc1)c1ccccc1C. The van der Waals surface area contributed by atoms with Crippen LogP contribution in [0.2, 0.25) is 0 Å². The molecule has 0 saturated carbocycles. The molecule has 0 aromatic heterocycles. The van der Waals surface area contributed by atoms with E-state index in [9.17, 15) is 0 Å². The molecular weight excluding hydrogens is 230 g/mol. The minimum atomic E-state index is 0.508. The van der Waals surface area contributed by atoms with E-state index >= 15 is 0 Å². The highest BCUT2D eigenvalue weighted by Crippen LogP contribution is 2.31. The van der Waals surface area contributed by atoms with Crippen LogP contribution in [0.15, 0.2) is 54.6 Å². The van der Waals surface area contributed by atoms with Crippen LogP contribution >= 0.6 is 0 Å². The number of rotatable bonds is 5. The first kappa shape index (κ1) is 13.7. The van der Waals surface area contributed by atoms with Crippen molar-refractivity contribution >= 4 is 11.4 Å². The van der Waals surface area contributed by atoms with Gasteiger partial charge in [-0.05, 0) is 44.0 Å². The maximum Gasteiger partial charge on any atom is 0.0442 e. The molecule has 1 heteroatoms. The zero-order chi connectivity index (χ0) is 13.7. The molecular formula is C18H23N. The summed E-state index contributed by atoms with van der Waals surface area (Å²) < 4.78 is 0. The highest BCUT2D eigenvalue weighted by atomic mass is 15.2. The molecule has 2 aromatic carbocycles. The Bertz CT molecular complexity index is 504. The average Bonchev–Trinajstić information content (AvgIpc) is 2.43. The lowest BCUT2D eigenvalue weighted by molar-refractivity contribution is 0.634. The molecule has 0 radical (unpaired) electrons. The number of nitrogens with zero attached hydrogens (tertiary/aromatic N) is 1. The van der Waals surface area contributed by atoms with Crippen molar-refractivity contribution in [3.05, 3.63) is 60.2 Å². The van der Waals surface area contributed by atoms with Crippen molar-refractivity contribution in [1.29, 1.82) is 0 Å². The summed E-state index contributed by atoms with van der Waals surface area (Å²) in [7, 11) is 0. The zero-order valence-electron chi connectivity index (χ0n) is 12.1. The predicted octanol–water partition coefficient (Wildman–Crippen LogP) is 5.32. The van der Waals surface area contributed by atoms with Gasteiger partial charge in [0.2, 0.25) is 0 Å². The van der Waals surface area contributed by atoms with Crippen LogP contribution in [-0.2, 0) is 0 Å². The second kappa shape index (κ2) is 6.42. The molecule has 0 heterocycles. The summed E-state index contributed by atoms with van der Waals surface area (Å²) in [6.07, 6.45) is 2.40. The molecule has 0 aliphatic heterocycles. The van der Waals surface area contributed by atoms with E-state index in [2.05, 4.69) is 80.3 Å². The van der Waals surface area contributed by atoms with E-state index in [0.29, 0.717) is 6.04 Å². The van der Waals surface area contributed by atoms with Gasteiger partial charge in [0.1, 0.15) is 0 Å². The number of anilines is 2. The first-order valence-corrected chi connectivity index (χ1v) is 7.14. The van der Waals surface area contributed by atoms with Gasteiger partial charge >= 0.3 is 0 Å². The van der Waals surface area contributed by atoms with E-state index in [1.165, 1.54) is 29.8 Å². The highest BCUT2D eigenvalue weighted by molar-refractivity contribution is 5.66.